The molecule has 0 N–H and O–H groups in total. The van der Waals surface area contributed by atoms with Gasteiger partial charge in [0.1, 0.15) is 0 Å². The molecule has 88 valence electrons. The van der Waals surface area contributed by atoms with Crippen LogP contribution in [0.2, 0.25) is 0 Å². The van der Waals surface area contributed by atoms with Crippen molar-refractivity contribution in [3.8, 4) is 0 Å². The van der Waals surface area contributed by atoms with Crippen molar-refractivity contribution in [3.05, 3.63) is 0 Å². The molecule has 15 heavy (non-hydrogen) atoms. The molecule has 1 aliphatic carbocycles. The highest BCUT2D eigenvalue weighted by atomic mass is 32.1. The Labute approximate surface area is 98.8 Å². The minimum Gasteiger partial charge on any atom is -0.370 e. The summed E-state index contributed by atoms with van der Waals surface area (Å²) in [7, 11) is 0. The number of nitrogens with zero attached hydrogens (tertiary/aromatic N) is 1. The van der Waals surface area contributed by atoms with Crippen molar-refractivity contribution in [3.63, 3.8) is 0 Å². The molecule has 2 fully saturated rings. The molecule has 2 rings (SSSR count). The van der Waals surface area contributed by atoms with Gasteiger partial charge in [-0.3, -0.25) is 4.90 Å². The van der Waals surface area contributed by atoms with Gasteiger partial charge < -0.3 is 4.74 Å². The maximum Gasteiger partial charge on any atom is 0.0757 e. The Morgan fingerprint density at radius 3 is 2.53 bits per heavy atom. The van der Waals surface area contributed by atoms with Crippen molar-refractivity contribution in [2.45, 2.75) is 45.3 Å². The van der Waals surface area contributed by atoms with Crippen molar-refractivity contribution in [1.29, 1.82) is 0 Å². The first kappa shape index (κ1) is 11.7. The number of ether oxygens (including phenoxy) is 1. The van der Waals surface area contributed by atoms with Crippen LogP contribution >= 0.6 is 12.6 Å². The Morgan fingerprint density at radius 2 is 2.07 bits per heavy atom. The fourth-order valence-electron chi connectivity index (χ4n) is 2.72. The molecule has 1 saturated heterocycles. The molecule has 2 aliphatic rings. The van der Waals surface area contributed by atoms with Gasteiger partial charge in [0.05, 0.1) is 11.7 Å². The third-order valence-corrected chi connectivity index (χ3v) is 4.16. The lowest BCUT2D eigenvalue weighted by atomic mass is 10.0. The van der Waals surface area contributed by atoms with Crippen LogP contribution in [0.5, 0.6) is 0 Å². The minimum absolute atomic E-state index is 0.0182. The molecule has 1 aliphatic heterocycles. The van der Waals surface area contributed by atoms with Gasteiger partial charge in [-0.1, -0.05) is 0 Å². The van der Waals surface area contributed by atoms with Gasteiger partial charge >= 0.3 is 0 Å². The van der Waals surface area contributed by atoms with Crippen LogP contribution in [0.1, 0.15) is 33.6 Å². The fraction of sp³-hybridized carbons (Fsp3) is 1.00. The molecular formula is C12H23NOS. The van der Waals surface area contributed by atoms with Crippen molar-refractivity contribution in [2.24, 2.45) is 5.41 Å². The summed E-state index contributed by atoms with van der Waals surface area (Å²) in [6.07, 6.45) is 3.09. The molecule has 0 aromatic heterocycles. The highest BCUT2D eigenvalue weighted by molar-refractivity contribution is 7.80. The second-order valence-corrected chi connectivity index (χ2v) is 6.33. The Hall–Kier alpha value is 0.270. The normalized spacial score (nSPS) is 34.0. The zero-order valence-corrected chi connectivity index (χ0v) is 11.0. The van der Waals surface area contributed by atoms with E-state index in [9.17, 15) is 0 Å². The predicted octanol–water partition coefficient (Wildman–Crippen LogP) is 2.20. The summed E-state index contributed by atoms with van der Waals surface area (Å²) < 4.78 is 5.91. The molecule has 0 spiro atoms. The first-order chi connectivity index (χ1) is 6.95. The smallest absolute Gasteiger partial charge is 0.0757 e. The van der Waals surface area contributed by atoms with E-state index >= 15 is 0 Å². The molecular weight excluding hydrogens is 206 g/mol. The number of rotatable bonds is 3. The van der Waals surface area contributed by atoms with Gasteiger partial charge in [0.2, 0.25) is 0 Å². The second kappa shape index (κ2) is 3.94. The van der Waals surface area contributed by atoms with Gasteiger partial charge in [0.15, 0.2) is 0 Å². The van der Waals surface area contributed by atoms with E-state index in [1.54, 1.807) is 0 Å². The molecule has 1 atom stereocenters. The molecule has 1 unspecified atom stereocenters. The number of hydrogen-bond donors (Lipinski definition) is 1. The van der Waals surface area contributed by atoms with Crippen LogP contribution in [0.25, 0.3) is 0 Å². The lowest BCUT2D eigenvalue weighted by Gasteiger charge is -2.43. The van der Waals surface area contributed by atoms with E-state index in [-0.39, 0.29) is 5.60 Å². The standard InChI is InChI=1S/C12H23NOS/c1-10-6-13(7-11(2,3)14-10)8-12(9-15)4-5-12/h10,15H,4-9H2,1-3H3. The van der Waals surface area contributed by atoms with Crippen molar-refractivity contribution < 1.29 is 4.74 Å². The van der Waals surface area contributed by atoms with Gasteiger partial charge in [-0.2, -0.15) is 12.6 Å². The summed E-state index contributed by atoms with van der Waals surface area (Å²) in [5.74, 6) is 1.04. The van der Waals surface area contributed by atoms with Gasteiger partial charge in [0, 0.05) is 19.6 Å². The zero-order chi connectivity index (χ0) is 11.1. The maximum atomic E-state index is 5.91. The van der Waals surface area contributed by atoms with E-state index in [2.05, 4.69) is 38.3 Å². The van der Waals surface area contributed by atoms with E-state index in [0.717, 1.165) is 18.8 Å². The van der Waals surface area contributed by atoms with Crippen LogP contribution in [0.4, 0.5) is 0 Å². The van der Waals surface area contributed by atoms with Crippen LogP contribution in [-0.2, 0) is 4.74 Å². The maximum absolute atomic E-state index is 5.91. The molecule has 3 heteroatoms. The first-order valence-electron chi connectivity index (χ1n) is 5.96. The zero-order valence-electron chi connectivity index (χ0n) is 10.1. The summed E-state index contributed by atoms with van der Waals surface area (Å²) in [6, 6.07) is 0. The summed E-state index contributed by atoms with van der Waals surface area (Å²) in [4.78, 5) is 2.57. The number of hydrogen-bond acceptors (Lipinski definition) is 3. The molecule has 2 nitrogen and oxygen atoms in total. The molecule has 0 aromatic rings. The van der Waals surface area contributed by atoms with E-state index in [0.29, 0.717) is 11.5 Å². The first-order valence-corrected chi connectivity index (χ1v) is 6.59. The van der Waals surface area contributed by atoms with Crippen LogP contribution in [-0.4, -0.2) is 42.0 Å². The van der Waals surface area contributed by atoms with Gasteiger partial charge in [-0.15, -0.1) is 0 Å². The third kappa shape index (κ3) is 2.89. The highest BCUT2D eigenvalue weighted by Gasteiger charge is 2.44. The molecule has 0 radical (unpaired) electrons. The Bertz CT molecular complexity index is 238. The highest BCUT2D eigenvalue weighted by Crippen LogP contribution is 2.47. The summed E-state index contributed by atoms with van der Waals surface area (Å²) in [5.41, 5.74) is 0.556. The van der Waals surface area contributed by atoms with Gasteiger partial charge in [0.25, 0.3) is 0 Å². The Balaban J connectivity index is 1.92. The topological polar surface area (TPSA) is 12.5 Å². The molecule has 1 saturated carbocycles. The quantitative estimate of drug-likeness (QED) is 0.745. The Morgan fingerprint density at radius 1 is 1.40 bits per heavy atom. The molecule has 0 amide bonds. The molecule has 0 bridgehead atoms. The Kier molecular flexibility index (Phi) is 3.08. The van der Waals surface area contributed by atoms with Crippen LogP contribution < -0.4 is 0 Å². The van der Waals surface area contributed by atoms with E-state index in [1.807, 2.05) is 0 Å². The van der Waals surface area contributed by atoms with Crippen LogP contribution in [0.3, 0.4) is 0 Å². The van der Waals surface area contributed by atoms with Crippen LogP contribution in [0.15, 0.2) is 0 Å². The fourth-order valence-corrected chi connectivity index (χ4v) is 3.14. The van der Waals surface area contributed by atoms with E-state index in [4.69, 9.17) is 4.74 Å². The van der Waals surface area contributed by atoms with Gasteiger partial charge in [-0.05, 0) is 44.8 Å². The monoisotopic (exact) mass is 229 g/mol. The third-order valence-electron chi connectivity index (χ3n) is 3.49. The average molecular weight is 229 g/mol. The summed E-state index contributed by atoms with van der Waals surface area (Å²) >= 11 is 4.47. The number of thiol groups is 1. The average Bonchev–Trinajstić information content (AvgIpc) is 2.81. The van der Waals surface area contributed by atoms with Crippen LogP contribution in [0, 0.1) is 5.41 Å². The van der Waals surface area contributed by atoms with Gasteiger partial charge in [-0.25, -0.2) is 0 Å². The lowest BCUT2D eigenvalue weighted by Crippen LogP contribution is -2.53. The van der Waals surface area contributed by atoms with Crippen molar-refractivity contribution in [2.75, 3.05) is 25.4 Å². The molecule has 1 heterocycles. The lowest BCUT2D eigenvalue weighted by molar-refractivity contribution is -0.131. The van der Waals surface area contributed by atoms with Crippen molar-refractivity contribution in [1.82, 2.24) is 4.90 Å². The minimum atomic E-state index is 0.0182. The second-order valence-electron chi connectivity index (χ2n) is 6.02. The number of morpholine rings is 1. The van der Waals surface area contributed by atoms with Crippen molar-refractivity contribution >= 4 is 12.6 Å². The van der Waals surface area contributed by atoms with E-state index < -0.39 is 0 Å². The molecule has 0 aromatic carbocycles. The predicted molar refractivity (Wildman–Crippen MR) is 66.6 cm³/mol. The van der Waals surface area contributed by atoms with E-state index in [1.165, 1.54) is 19.4 Å². The SMILES string of the molecule is CC1CN(CC2(CS)CC2)CC(C)(C)O1. The summed E-state index contributed by atoms with van der Waals surface area (Å²) in [5, 5.41) is 0. The summed E-state index contributed by atoms with van der Waals surface area (Å²) in [6.45, 7) is 9.92. The largest absolute Gasteiger partial charge is 0.370 e.